The highest BCUT2D eigenvalue weighted by atomic mass is 19.4. The maximum atomic E-state index is 12.5. The second-order valence-electron chi connectivity index (χ2n) is 2.59. The molecule has 0 aliphatic heterocycles. The van der Waals surface area contributed by atoms with Crippen molar-refractivity contribution in [3.8, 4) is 0 Å². The molecule has 15 heavy (non-hydrogen) atoms. The molecule has 0 atom stereocenters. The van der Waals surface area contributed by atoms with Gasteiger partial charge in [0, 0.05) is 11.6 Å². The van der Waals surface area contributed by atoms with Crippen LogP contribution in [0.25, 0.3) is 0 Å². The number of hydrogen-bond donors (Lipinski definition) is 1. The van der Waals surface area contributed by atoms with Crippen molar-refractivity contribution in [1.82, 2.24) is 4.98 Å². The molecular weight excluding hydrogens is 226 g/mol. The van der Waals surface area contributed by atoms with E-state index in [1.807, 2.05) is 0 Å². The first-order chi connectivity index (χ1) is 6.73. The molecule has 0 fully saturated rings. The van der Waals surface area contributed by atoms with Gasteiger partial charge in [0.15, 0.2) is 5.69 Å². The lowest BCUT2D eigenvalue weighted by Gasteiger charge is -2.12. The fraction of sp³-hybridized carbons (Fsp3) is 0.286. The summed E-state index contributed by atoms with van der Waals surface area (Å²) in [5.41, 5.74) is 0.511. The summed E-state index contributed by atoms with van der Waals surface area (Å²) >= 11 is 0. The summed E-state index contributed by atoms with van der Waals surface area (Å²) in [5.74, 6) is -1.65. The molecule has 8 heteroatoms. The van der Waals surface area contributed by atoms with Crippen molar-refractivity contribution in [1.29, 1.82) is 0 Å². The Labute approximate surface area is 79.7 Å². The molecule has 84 valence electrons. The van der Waals surface area contributed by atoms with Gasteiger partial charge in [0.2, 0.25) is 5.95 Å². The number of rotatable bonds is 1. The number of hydrogen-bond acceptors (Lipinski definition) is 2. The summed E-state index contributed by atoms with van der Waals surface area (Å²) < 4.78 is 73.1. The highest BCUT2D eigenvalue weighted by molar-refractivity contribution is 5.52. The average Bonchev–Trinajstić information content (AvgIpc) is 2.06. The lowest BCUT2D eigenvalue weighted by atomic mass is 10.2. The van der Waals surface area contributed by atoms with Crippen LogP contribution in [-0.4, -0.2) is 4.98 Å². The van der Waals surface area contributed by atoms with Gasteiger partial charge in [-0.3, -0.25) is 0 Å². The predicted molar refractivity (Wildman–Crippen MR) is 38.6 cm³/mol. The van der Waals surface area contributed by atoms with Gasteiger partial charge in [0.25, 0.3) is 6.43 Å². The van der Waals surface area contributed by atoms with Gasteiger partial charge in [-0.15, -0.1) is 0 Å². The van der Waals surface area contributed by atoms with Crippen LogP contribution in [0.1, 0.15) is 17.7 Å². The van der Waals surface area contributed by atoms with Gasteiger partial charge >= 0.3 is 6.18 Å². The molecule has 0 unspecified atom stereocenters. The van der Waals surface area contributed by atoms with Gasteiger partial charge in [-0.25, -0.2) is 13.8 Å². The molecule has 1 heterocycles. The molecule has 0 radical (unpaired) electrons. The summed E-state index contributed by atoms with van der Waals surface area (Å²) in [6, 6.07) is 0.176. The van der Waals surface area contributed by atoms with Gasteiger partial charge in [0.05, 0.1) is 5.69 Å². The van der Waals surface area contributed by atoms with E-state index < -0.39 is 35.5 Å². The third-order valence-corrected chi connectivity index (χ3v) is 1.56. The molecule has 0 aromatic carbocycles. The number of alkyl halides is 5. The Morgan fingerprint density at radius 2 is 1.80 bits per heavy atom. The van der Waals surface area contributed by atoms with Crippen LogP contribution in [0.2, 0.25) is 0 Å². The van der Waals surface area contributed by atoms with E-state index >= 15 is 0 Å². The number of anilines is 1. The topological polar surface area (TPSA) is 38.9 Å². The largest absolute Gasteiger partial charge is 0.435 e. The number of nitrogens with zero attached hydrogens (tertiary/aromatic N) is 1. The fourth-order valence-corrected chi connectivity index (χ4v) is 0.939. The van der Waals surface area contributed by atoms with E-state index in [-0.39, 0.29) is 6.07 Å². The zero-order valence-electron chi connectivity index (χ0n) is 6.95. The van der Waals surface area contributed by atoms with Gasteiger partial charge in [0.1, 0.15) is 0 Å². The second kappa shape index (κ2) is 3.59. The predicted octanol–water partition coefficient (Wildman–Crippen LogP) is 2.76. The molecule has 0 amide bonds. The molecule has 2 nitrogen and oxygen atoms in total. The van der Waals surface area contributed by atoms with Crippen LogP contribution in [0.4, 0.5) is 32.0 Å². The lowest BCUT2D eigenvalue weighted by molar-refractivity contribution is -0.141. The first-order valence-electron chi connectivity index (χ1n) is 3.54. The molecule has 0 saturated heterocycles. The minimum Gasteiger partial charge on any atom is -0.397 e. The number of nitrogen functional groups attached to an aromatic ring is 1. The molecular formula is C7H4F6N2. The Morgan fingerprint density at radius 3 is 2.20 bits per heavy atom. The Morgan fingerprint density at radius 1 is 1.27 bits per heavy atom. The summed E-state index contributed by atoms with van der Waals surface area (Å²) in [5, 5.41) is 0. The van der Waals surface area contributed by atoms with E-state index in [1.165, 1.54) is 0 Å². The van der Waals surface area contributed by atoms with Crippen molar-refractivity contribution in [2.75, 3.05) is 5.73 Å². The van der Waals surface area contributed by atoms with Crippen molar-refractivity contribution < 1.29 is 26.3 Å². The average molecular weight is 230 g/mol. The monoisotopic (exact) mass is 230 g/mol. The van der Waals surface area contributed by atoms with Crippen LogP contribution in [0.5, 0.6) is 0 Å². The molecule has 0 aliphatic rings. The Hall–Kier alpha value is -1.47. The van der Waals surface area contributed by atoms with Crippen LogP contribution in [0.3, 0.4) is 0 Å². The fourth-order valence-electron chi connectivity index (χ4n) is 0.939. The smallest absolute Gasteiger partial charge is 0.397 e. The normalized spacial score (nSPS) is 12.2. The van der Waals surface area contributed by atoms with Crippen LogP contribution in [-0.2, 0) is 6.18 Å². The van der Waals surface area contributed by atoms with Crippen molar-refractivity contribution >= 4 is 5.69 Å². The number of nitrogens with two attached hydrogens (primary N) is 1. The van der Waals surface area contributed by atoms with Crippen LogP contribution < -0.4 is 5.73 Å². The van der Waals surface area contributed by atoms with E-state index in [2.05, 4.69) is 4.98 Å². The number of aromatic nitrogens is 1. The molecule has 1 aromatic heterocycles. The van der Waals surface area contributed by atoms with E-state index in [0.29, 0.717) is 0 Å². The van der Waals surface area contributed by atoms with Crippen LogP contribution >= 0.6 is 0 Å². The molecule has 1 aromatic rings. The van der Waals surface area contributed by atoms with E-state index in [0.717, 1.165) is 0 Å². The number of halogens is 6. The van der Waals surface area contributed by atoms with E-state index in [4.69, 9.17) is 5.73 Å². The van der Waals surface area contributed by atoms with Gasteiger partial charge in [-0.05, 0) is 0 Å². The lowest BCUT2D eigenvalue weighted by Crippen LogP contribution is -2.15. The van der Waals surface area contributed by atoms with Crippen molar-refractivity contribution in [2.45, 2.75) is 12.6 Å². The maximum Gasteiger partial charge on any atom is 0.435 e. The van der Waals surface area contributed by atoms with Gasteiger partial charge in [-0.2, -0.15) is 17.6 Å². The molecule has 0 aliphatic carbocycles. The number of pyridine rings is 1. The van der Waals surface area contributed by atoms with Crippen molar-refractivity contribution in [3.05, 3.63) is 23.3 Å². The standard InChI is InChI=1S/C7H4F6N2/c8-3-1-2(6(9)10)4(14)5(15-3)7(11,12)13/h1,6H,14H2. The summed E-state index contributed by atoms with van der Waals surface area (Å²) in [6.45, 7) is 0. The van der Waals surface area contributed by atoms with Crippen LogP contribution in [0.15, 0.2) is 6.07 Å². The zero-order chi connectivity index (χ0) is 11.8. The summed E-state index contributed by atoms with van der Waals surface area (Å²) in [7, 11) is 0. The van der Waals surface area contributed by atoms with Crippen LogP contribution in [0, 0.1) is 5.95 Å². The maximum absolute atomic E-state index is 12.5. The minimum absolute atomic E-state index is 0.176. The summed E-state index contributed by atoms with van der Waals surface area (Å²) in [6.07, 6.45) is -8.35. The first kappa shape index (κ1) is 11.6. The first-order valence-corrected chi connectivity index (χ1v) is 3.54. The molecule has 0 spiro atoms. The molecule has 1 rings (SSSR count). The SMILES string of the molecule is Nc1c(C(F)F)cc(F)nc1C(F)(F)F. The van der Waals surface area contributed by atoms with Crippen molar-refractivity contribution in [3.63, 3.8) is 0 Å². The quantitative estimate of drug-likeness (QED) is 0.595. The highest BCUT2D eigenvalue weighted by Crippen LogP contribution is 2.36. The Bertz CT molecular complexity index is 372. The molecule has 2 N–H and O–H groups in total. The summed E-state index contributed by atoms with van der Waals surface area (Å²) in [4.78, 5) is 2.44. The molecule has 0 bridgehead atoms. The molecule has 0 saturated carbocycles. The highest BCUT2D eigenvalue weighted by Gasteiger charge is 2.37. The Kier molecular flexibility index (Phi) is 2.78. The minimum atomic E-state index is -5.06. The van der Waals surface area contributed by atoms with Gasteiger partial charge < -0.3 is 5.73 Å². The van der Waals surface area contributed by atoms with Gasteiger partial charge in [-0.1, -0.05) is 0 Å². The van der Waals surface area contributed by atoms with E-state index in [1.54, 1.807) is 0 Å². The second-order valence-corrected chi connectivity index (χ2v) is 2.59. The zero-order valence-corrected chi connectivity index (χ0v) is 6.95. The van der Waals surface area contributed by atoms with Crippen molar-refractivity contribution in [2.24, 2.45) is 0 Å². The third kappa shape index (κ3) is 2.31. The van der Waals surface area contributed by atoms with E-state index in [9.17, 15) is 26.3 Å². The third-order valence-electron chi connectivity index (χ3n) is 1.56. The Balaban J connectivity index is 3.42.